The molecule has 0 saturated heterocycles. The van der Waals surface area contributed by atoms with Gasteiger partial charge in [-0.2, -0.15) is 0 Å². The maximum atomic E-state index is 11.5. The summed E-state index contributed by atoms with van der Waals surface area (Å²) in [6.07, 6.45) is 1.06. The van der Waals surface area contributed by atoms with Gasteiger partial charge in [-0.1, -0.05) is 6.07 Å². The second-order valence-electron chi connectivity index (χ2n) is 3.24. The molecule has 0 spiro atoms. The quantitative estimate of drug-likeness (QED) is 0.765. The van der Waals surface area contributed by atoms with Crippen LogP contribution < -0.4 is 10.5 Å². The highest BCUT2D eigenvalue weighted by Gasteiger charge is 2.20. The van der Waals surface area contributed by atoms with E-state index in [9.17, 15) is 13.2 Å². The number of sulfone groups is 1. The van der Waals surface area contributed by atoms with Crippen LogP contribution in [0.2, 0.25) is 0 Å². The van der Waals surface area contributed by atoms with Crippen molar-refractivity contribution >= 4 is 15.6 Å². The topological polar surface area (TPSA) is 86.5 Å². The molecule has 0 atom stereocenters. The van der Waals surface area contributed by atoms with Crippen molar-refractivity contribution < 1.29 is 17.9 Å². The van der Waals surface area contributed by atoms with Crippen molar-refractivity contribution in [2.45, 2.75) is 4.90 Å². The summed E-state index contributed by atoms with van der Waals surface area (Å²) in [5.74, 6) is -0.303. The van der Waals surface area contributed by atoms with Crippen LogP contribution in [-0.4, -0.2) is 34.1 Å². The van der Waals surface area contributed by atoms with Crippen LogP contribution in [-0.2, 0) is 9.84 Å². The number of carbonyl (C=O) groups is 1. The van der Waals surface area contributed by atoms with Gasteiger partial charge in [-0.05, 0) is 12.1 Å². The number of hydrogen-bond acceptors (Lipinski definition) is 5. The number of para-hydroxylation sites is 1. The van der Waals surface area contributed by atoms with E-state index in [1.165, 1.54) is 25.3 Å². The van der Waals surface area contributed by atoms with E-state index in [4.69, 9.17) is 10.5 Å². The molecule has 1 rings (SSSR count). The molecule has 0 aliphatic heterocycles. The molecule has 0 bridgehead atoms. The minimum Gasteiger partial charge on any atom is -0.495 e. The van der Waals surface area contributed by atoms with Gasteiger partial charge in [0.25, 0.3) is 0 Å². The third-order valence-corrected chi connectivity index (χ3v) is 3.19. The highest BCUT2D eigenvalue weighted by atomic mass is 32.2. The molecule has 0 unspecified atom stereocenters. The molecule has 2 N–H and O–H groups in total. The zero-order valence-electron chi connectivity index (χ0n) is 9.06. The molecule has 0 amide bonds. The number of nitrogens with two attached hydrogens (primary N) is 1. The van der Waals surface area contributed by atoms with Gasteiger partial charge in [0.1, 0.15) is 10.6 Å². The average molecular weight is 243 g/mol. The first-order valence-electron chi connectivity index (χ1n) is 4.52. The molecule has 1 aromatic rings. The molecule has 5 nitrogen and oxygen atoms in total. The van der Waals surface area contributed by atoms with Crippen LogP contribution >= 0.6 is 0 Å². The molecule has 0 aliphatic carbocycles. The Kier molecular flexibility index (Phi) is 3.66. The molecule has 0 saturated carbocycles. The zero-order valence-corrected chi connectivity index (χ0v) is 9.87. The number of rotatable bonds is 4. The van der Waals surface area contributed by atoms with E-state index in [0.717, 1.165) is 6.26 Å². The minimum absolute atomic E-state index is 0.00528. The van der Waals surface area contributed by atoms with Crippen LogP contribution in [0.15, 0.2) is 23.1 Å². The van der Waals surface area contributed by atoms with Crippen molar-refractivity contribution in [2.75, 3.05) is 19.9 Å². The minimum atomic E-state index is -3.43. The van der Waals surface area contributed by atoms with E-state index in [2.05, 4.69) is 0 Å². The summed E-state index contributed by atoms with van der Waals surface area (Å²) >= 11 is 0. The van der Waals surface area contributed by atoms with E-state index >= 15 is 0 Å². The van der Waals surface area contributed by atoms with Gasteiger partial charge in [-0.25, -0.2) is 8.42 Å². The number of carbonyl (C=O) groups excluding carboxylic acids is 1. The zero-order chi connectivity index (χ0) is 12.3. The van der Waals surface area contributed by atoms with Crippen LogP contribution in [0.3, 0.4) is 0 Å². The smallest absolute Gasteiger partial charge is 0.180 e. The molecular formula is C10H13NO4S. The summed E-state index contributed by atoms with van der Waals surface area (Å²) < 4.78 is 27.9. The van der Waals surface area contributed by atoms with Gasteiger partial charge >= 0.3 is 0 Å². The van der Waals surface area contributed by atoms with Crippen molar-refractivity contribution in [3.8, 4) is 5.75 Å². The van der Waals surface area contributed by atoms with Gasteiger partial charge in [0.05, 0.1) is 19.2 Å². The van der Waals surface area contributed by atoms with Crippen LogP contribution in [0.5, 0.6) is 5.75 Å². The van der Waals surface area contributed by atoms with Gasteiger partial charge in [0.2, 0.25) is 0 Å². The first kappa shape index (κ1) is 12.7. The van der Waals surface area contributed by atoms with Gasteiger partial charge in [-0.3, -0.25) is 4.79 Å². The molecule has 88 valence electrons. The number of Topliss-reactive ketones (excluding diaryl/α,β-unsaturated/α-hetero) is 1. The van der Waals surface area contributed by atoms with Crippen LogP contribution in [0, 0.1) is 0 Å². The second-order valence-corrected chi connectivity index (χ2v) is 5.22. The fourth-order valence-corrected chi connectivity index (χ4v) is 2.20. The Morgan fingerprint density at radius 2 is 2.06 bits per heavy atom. The first-order valence-corrected chi connectivity index (χ1v) is 6.41. The van der Waals surface area contributed by atoms with Crippen molar-refractivity contribution in [3.63, 3.8) is 0 Å². The summed E-state index contributed by atoms with van der Waals surface area (Å²) in [6, 6.07) is 4.37. The van der Waals surface area contributed by atoms with Gasteiger partial charge < -0.3 is 10.5 Å². The summed E-state index contributed by atoms with van der Waals surface area (Å²) in [6.45, 7) is -0.191. The van der Waals surface area contributed by atoms with Gasteiger partial charge in [0, 0.05) is 6.26 Å². The lowest BCUT2D eigenvalue weighted by molar-refractivity contribution is 0.0998. The highest BCUT2D eigenvalue weighted by molar-refractivity contribution is 7.90. The monoisotopic (exact) mass is 243 g/mol. The van der Waals surface area contributed by atoms with E-state index in [1.807, 2.05) is 0 Å². The van der Waals surface area contributed by atoms with Crippen LogP contribution in [0.4, 0.5) is 0 Å². The van der Waals surface area contributed by atoms with Gasteiger partial charge in [0.15, 0.2) is 15.6 Å². The Bertz CT molecular complexity index is 508. The van der Waals surface area contributed by atoms with Crippen molar-refractivity contribution in [2.24, 2.45) is 5.73 Å². The maximum absolute atomic E-state index is 11.5. The Hall–Kier alpha value is -1.40. The molecule has 0 fully saturated rings. The number of ketones is 1. The Morgan fingerprint density at radius 3 is 2.50 bits per heavy atom. The summed E-state index contributed by atoms with van der Waals surface area (Å²) in [4.78, 5) is 11.5. The predicted molar refractivity (Wildman–Crippen MR) is 59.5 cm³/mol. The summed E-state index contributed by atoms with van der Waals surface area (Å²) in [7, 11) is -2.11. The molecule has 0 aromatic heterocycles. The molecule has 16 heavy (non-hydrogen) atoms. The van der Waals surface area contributed by atoms with E-state index < -0.39 is 9.84 Å². The second kappa shape index (κ2) is 4.63. The Morgan fingerprint density at radius 1 is 1.44 bits per heavy atom. The SMILES string of the molecule is COc1c(C(=O)CN)cccc1S(C)(=O)=O. The normalized spacial score (nSPS) is 11.2. The van der Waals surface area contributed by atoms with Crippen molar-refractivity contribution in [3.05, 3.63) is 23.8 Å². The predicted octanol–water partition coefficient (Wildman–Crippen LogP) is 0.240. The molecular weight excluding hydrogens is 230 g/mol. The lowest BCUT2D eigenvalue weighted by atomic mass is 10.1. The highest BCUT2D eigenvalue weighted by Crippen LogP contribution is 2.27. The average Bonchev–Trinajstić information content (AvgIpc) is 2.25. The molecule has 0 radical (unpaired) electrons. The fraction of sp³-hybridized carbons (Fsp3) is 0.300. The van der Waals surface area contributed by atoms with Crippen molar-refractivity contribution in [1.82, 2.24) is 0 Å². The van der Waals surface area contributed by atoms with Crippen molar-refractivity contribution in [1.29, 1.82) is 0 Å². The Balaban J connectivity index is 3.50. The van der Waals surface area contributed by atoms with Crippen LogP contribution in [0.1, 0.15) is 10.4 Å². The lowest BCUT2D eigenvalue weighted by Gasteiger charge is -2.10. The lowest BCUT2D eigenvalue weighted by Crippen LogP contribution is -2.15. The van der Waals surface area contributed by atoms with E-state index in [0.29, 0.717) is 0 Å². The number of hydrogen-bond donors (Lipinski definition) is 1. The number of ether oxygens (including phenoxy) is 1. The molecule has 0 heterocycles. The van der Waals surface area contributed by atoms with Gasteiger partial charge in [-0.15, -0.1) is 0 Å². The molecule has 0 aliphatic rings. The third kappa shape index (κ3) is 2.40. The number of methoxy groups -OCH3 is 1. The Labute approximate surface area is 94.1 Å². The summed E-state index contributed by atoms with van der Waals surface area (Å²) in [5, 5.41) is 0. The molecule has 1 aromatic carbocycles. The standard InChI is InChI=1S/C10H13NO4S/c1-15-10-7(8(12)6-11)4-3-5-9(10)16(2,13)14/h3-5H,6,11H2,1-2H3. The maximum Gasteiger partial charge on any atom is 0.180 e. The number of benzene rings is 1. The molecule has 6 heteroatoms. The van der Waals surface area contributed by atoms with E-state index in [1.54, 1.807) is 0 Å². The summed E-state index contributed by atoms with van der Waals surface area (Å²) in [5.41, 5.74) is 5.42. The first-order chi connectivity index (χ1) is 7.41. The van der Waals surface area contributed by atoms with Crippen LogP contribution in [0.25, 0.3) is 0 Å². The fourth-order valence-electron chi connectivity index (χ4n) is 1.35. The third-order valence-electron chi connectivity index (χ3n) is 2.07. The largest absolute Gasteiger partial charge is 0.495 e. The van der Waals surface area contributed by atoms with E-state index in [-0.39, 0.29) is 28.5 Å².